The van der Waals surface area contributed by atoms with E-state index in [4.69, 9.17) is 5.11 Å². The minimum absolute atomic E-state index is 0.344. The van der Waals surface area contributed by atoms with E-state index >= 15 is 0 Å². The molecule has 0 saturated heterocycles. The molecule has 0 aliphatic heterocycles. The molecular formula is C14H27IO2. The van der Waals surface area contributed by atoms with Crippen molar-refractivity contribution in [1.29, 1.82) is 0 Å². The van der Waals surface area contributed by atoms with Crippen molar-refractivity contribution in [3.05, 3.63) is 0 Å². The van der Waals surface area contributed by atoms with Crippen molar-refractivity contribution in [3.8, 4) is 0 Å². The maximum atomic E-state index is 10.3. The van der Waals surface area contributed by atoms with Gasteiger partial charge in [0.2, 0.25) is 0 Å². The third kappa shape index (κ3) is 16.2. The Balaban J connectivity index is 2.91. The Morgan fingerprint density at radius 2 is 1.06 bits per heavy atom. The SMILES string of the molecule is O=C(O)CCCCCCCCCCCCCI. The van der Waals surface area contributed by atoms with Gasteiger partial charge in [-0.25, -0.2) is 0 Å². The quantitative estimate of drug-likeness (QED) is 0.281. The molecule has 0 saturated carbocycles. The molecule has 0 amide bonds. The largest absolute Gasteiger partial charge is 0.481 e. The summed E-state index contributed by atoms with van der Waals surface area (Å²) < 4.78 is 1.30. The molecule has 0 heterocycles. The molecule has 1 N–H and O–H groups in total. The zero-order valence-corrected chi connectivity index (χ0v) is 13.1. The predicted molar refractivity (Wildman–Crippen MR) is 81.9 cm³/mol. The molecule has 0 aliphatic carbocycles. The van der Waals surface area contributed by atoms with Crippen LogP contribution in [0.1, 0.15) is 77.0 Å². The molecule has 0 radical (unpaired) electrons. The van der Waals surface area contributed by atoms with E-state index in [1.54, 1.807) is 0 Å². The lowest BCUT2D eigenvalue weighted by molar-refractivity contribution is -0.137. The highest BCUT2D eigenvalue weighted by Gasteiger charge is 1.96. The Morgan fingerprint density at radius 3 is 1.41 bits per heavy atom. The van der Waals surface area contributed by atoms with Gasteiger partial charge in [0.15, 0.2) is 0 Å². The first-order chi connectivity index (χ1) is 8.27. The fourth-order valence-electron chi connectivity index (χ4n) is 1.96. The summed E-state index contributed by atoms with van der Waals surface area (Å²) in [6.07, 6.45) is 14.4. The van der Waals surface area contributed by atoms with Crippen LogP contribution in [0.3, 0.4) is 0 Å². The molecule has 0 rings (SSSR count). The molecule has 0 unspecified atom stereocenters. The van der Waals surface area contributed by atoms with Crippen LogP contribution in [-0.4, -0.2) is 15.5 Å². The van der Waals surface area contributed by atoms with Crippen LogP contribution in [0.25, 0.3) is 0 Å². The van der Waals surface area contributed by atoms with Gasteiger partial charge in [0.1, 0.15) is 0 Å². The van der Waals surface area contributed by atoms with Crippen molar-refractivity contribution < 1.29 is 9.90 Å². The fraction of sp³-hybridized carbons (Fsp3) is 0.929. The van der Waals surface area contributed by atoms with Gasteiger partial charge in [-0.3, -0.25) is 4.79 Å². The molecule has 0 aromatic rings. The minimum Gasteiger partial charge on any atom is -0.481 e. The second-order valence-corrected chi connectivity index (χ2v) is 5.80. The van der Waals surface area contributed by atoms with Crippen molar-refractivity contribution in [3.63, 3.8) is 0 Å². The molecule has 17 heavy (non-hydrogen) atoms. The van der Waals surface area contributed by atoms with E-state index in [1.807, 2.05) is 0 Å². The molecule has 3 heteroatoms. The molecule has 0 bridgehead atoms. The van der Waals surface area contributed by atoms with Gasteiger partial charge in [-0.1, -0.05) is 80.4 Å². The van der Waals surface area contributed by atoms with E-state index in [2.05, 4.69) is 22.6 Å². The summed E-state index contributed by atoms with van der Waals surface area (Å²) >= 11 is 2.44. The Morgan fingerprint density at radius 1 is 0.706 bits per heavy atom. The molecule has 0 aliphatic rings. The van der Waals surface area contributed by atoms with E-state index in [1.165, 1.54) is 62.2 Å². The van der Waals surface area contributed by atoms with E-state index in [0.29, 0.717) is 6.42 Å². The van der Waals surface area contributed by atoms with Crippen LogP contribution in [0, 0.1) is 0 Å². The van der Waals surface area contributed by atoms with Crippen molar-refractivity contribution in [2.75, 3.05) is 4.43 Å². The third-order valence-electron chi connectivity index (χ3n) is 3.02. The standard InChI is InChI=1S/C14H27IO2/c15-13-11-9-7-5-3-1-2-4-6-8-10-12-14(16)17/h1-13H2,(H,16,17). The maximum absolute atomic E-state index is 10.3. The number of hydrogen-bond acceptors (Lipinski definition) is 1. The summed E-state index contributed by atoms with van der Waals surface area (Å²) in [6.45, 7) is 0. The van der Waals surface area contributed by atoms with Crippen molar-refractivity contribution >= 4 is 28.6 Å². The maximum Gasteiger partial charge on any atom is 0.303 e. The topological polar surface area (TPSA) is 37.3 Å². The minimum atomic E-state index is -0.656. The highest BCUT2D eigenvalue weighted by molar-refractivity contribution is 14.1. The zero-order valence-electron chi connectivity index (χ0n) is 10.9. The van der Waals surface area contributed by atoms with Crippen LogP contribution in [-0.2, 0) is 4.79 Å². The van der Waals surface area contributed by atoms with Crippen molar-refractivity contribution in [2.45, 2.75) is 77.0 Å². The Labute approximate surface area is 120 Å². The second kappa shape index (κ2) is 14.3. The molecular weight excluding hydrogens is 327 g/mol. The monoisotopic (exact) mass is 354 g/mol. The Hall–Kier alpha value is 0.200. The lowest BCUT2D eigenvalue weighted by Crippen LogP contribution is -1.93. The van der Waals surface area contributed by atoms with Crippen LogP contribution >= 0.6 is 22.6 Å². The number of alkyl halides is 1. The Kier molecular flexibility index (Phi) is 14.4. The first-order valence-electron chi connectivity index (χ1n) is 7.05. The normalized spacial score (nSPS) is 10.6. The molecule has 102 valence electrons. The van der Waals surface area contributed by atoms with Crippen LogP contribution in [0.4, 0.5) is 0 Å². The van der Waals surface area contributed by atoms with Crippen LogP contribution in [0.15, 0.2) is 0 Å². The molecule has 2 nitrogen and oxygen atoms in total. The van der Waals surface area contributed by atoms with Gasteiger partial charge in [0.25, 0.3) is 0 Å². The fourth-order valence-corrected chi connectivity index (χ4v) is 2.50. The molecule has 0 aromatic carbocycles. The van der Waals surface area contributed by atoms with Gasteiger partial charge < -0.3 is 5.11 Å². The van der Waals surface area contributed by atoms with Crippen molar-refractivity contribution in [2.24, 2.45) is 0 Å². The number of halogens is 1. The highest BCUT2D eigenvalue weighted by atomic mass is 127. The van der Waals surface area contributed by atoms with Gasteiger partial charge in [0.05, 0.1) is 0 Å². The first kappa shape index (κ1) is 17.2. The van der Waals surface area contributed by atoms with Gasteiger partial charge in [-0.15, -0.1) is 0 Å². The summed E-state index contributed by atoms with van der Waals surface area (Å²) in [4.78, 5) is 10.3. The average Bonchev–Trinajstić information content (AvgIpc) is 2.30. The first-order valence-corrected chi connectivity index (χ1v) is 8.57. The average molecular weight is 354 g/mol. The van der Waals surface area contributed by atoms with Crippen LogP contribution in [0.2, 0.25) is 0 Å². The number of rotatable bonds is 13. The lowest BCUT2D eigenvalue weighted by atomic mass is 10.1. The molecule has 0 fully saturated rings. The molecule has 0 spiro atoms. The zero-order chi connectivity index (χ0) is 12.8. The van der Waals surface area contributed by atoms with Gasteiger partial charge in [0, 0.05) is 6.42 Å². The number of aliphatic carboxylic acids is 1. The van der Waals surface area contributed by atoms with Gasteiger partial charge >= 0.3 is 5.97 Å². The van der Waals surface area contributed by atoms with E-state index in [0.717, 1.165) is 12.8 Å². The van der Waals surface area contributed by atoms with Gasteiger partial charge in [-0.2, -0.15) is 0 Å². The van der Waals surface area contributed by atoms with Crippen LogP contribution in [0.5, 0.6) is 0 Å². The smallest absolute Gasteiger partial charge is 0.303 e. The number of carboxylic acid groups (broad SMARTS) is 1. The number of hydrogen-bond donors (Lipinski definition) is 1. The highest BCUT2D eigenvalue weighted by Crippen LogP contribution is 2.12. The third-order valence-corrected chi connectivity index (χ3v) is 3.79. The number of carbonyl (C=O) groups is 1. The summed E-state index contributed by atoms with van der Waals surface area (Å²) in [7, 11) is 0. The van der Waals surface area contributed by atoms with E-state index in [9.17, 15) is 4.79 Å². The predicted octanol–water partition coefficient (Wildman–Crippen LogP) is 5.19. The van der Waals surface area contributed by atoms with Crippen LogP contribution < -0.4 is 0 Å². The molecule has 0 atom stereocenters. The second-order valence-electron chi connectivity index (χ2n) is 4.72. The van der Waals surface area contributed by atoms with E-state index < -0.39 is 5.97 Å². The number of carboxylic acids is 1. The molecule has 0 aromatic heterocycles. The summed E-state index contributed by atoms with van der Waals surface area (Å²) in [5, 5.41) is 8.47. The summed E-state index contributed by atoms with van der Waals surface area (Å²) in [5.74, 6) is -0.656. The van der Waals surface area contributed by atoms with Gasteiger partial charge in [-0.05, 0) is 17.3 Å². The Bertz CT molecular complexity index is 172. The van der Waals surface area contributed by atoms with Crippen molar-refractivity contribution in [1.82, 2.24) is 0 Å². The van der Waals surface area contributed by atoms with E-state index in [-0.39, 0.29) is 0 Å². The lowest BCUT2D eigenvalue weighted by Gasteiger charge is -2.01. The summed E-state index contributed by atoms with van der Waals surface area (Å²) in [5.41, 5.74) is 0. The summed E-state index contributed by atoms with van der Waals surface area (Å²) in [6, 6.07) is 0. The number of unbranched alkanes of at least 4 members (excludes halogenated alkanes) is 10.